The number of carbonyl (C=O) groups is 2. The van der Waals surface area contributed by atoms with Crippen LogP contribution in [-0.2, 0) is 9.53 Å². The molecule has 0 aliphatic carbocycles. The number of nitrogens with one attached hydrogen (secondary N) is 2. The third kappa shape index (κ3) is 3.91. The van der Waals surface area contributed by atoms with E-state index in [0.29, 0.717) is 27.8 Å². The second-order valence-corrected chi connectivity index (χ2v) is 7.94. The monoisotopic (exact) mass is 423 g/mol. The summed E-state index contributed by atoms with van der Waals surface area (Å²) in [6.45, 7) is 3.95. The van der Waals surface area contributed by atoms with Crippen molar-refractivity contribution in [3.05, 3.63) is 70.4 Å². The van der Waals surface area contributed by atoms with E-state index in [1.54, 1.807) is 0 Å². The predicted molar refractivity (Wildman–Crippen MR) is 114 cm³/mol. The quantitative estimate of drug-likeness (QED) is 0.476. The summed E-state index contributed by atoms with van der Waals surface area (Å²) in [6, 6.07) is 12.4. The number of carbonyl (C=O) groups excluding carboxylic acids is 2. The van der Waals surface area contributed by atoms with Gasteiger partial charge in [-0.25, -0.2) is 14.6 Å². The Labute approximate surface area is 177 Å². The minimum Gasteiger partial charge on any atom is -0.466 e. The van der Waals surface area contributed by atoms with Crippen molar-refractivity contribution < 1.29 is 18.7 Å². The van der Waals surface area contributed by atoms with Crippen molar-refractivity contribution in [2.45, 2.75) is 25.1 Å². The first-order valence-electron chi connectivity index (χ1n) is 9.40. The number of esters is 1. The number of ether oxygens (including phenoxy) is 1. The van der Waals surface area contributed by atoms with E-state index in [1.165, 1.54) is 18.9 Å². The summed E-state index contributed by atoms with van der Waals surface area (Å²) in [5.41, 5.74) is 5.21. The number of hydrogen-bond donors (Lipinski definition) is 2. The smallest absolute Gasteiger partial charge is 0.338 e. The molecule has 0 saturated heterocycles. The highest BCUT2D eigenvalue weighted by atomic mass is 32.2. The molecule has 0 bridgehead atoms. The van der Waals surface area contributed by atoms with Crippen LogP contribution in [0, 0.1) is 13.8 Å². The molecule has 30 heavy (non-hydrogen) atoms. The number of nitrogens with zero attached hydrogens (tertiary/aromatic N) is 1. The zero-order valence-corrected chi connectivity index (χ0v) is 17.6. The average Bonchev–Trinajstić information content (AvgIpc) is 3.14. The Morgan fingerprint density at radius 3 is 2.77 bits per heavy atom. The first-order chi connectivity index (χ1) is 14.5. The van der Waals surface area contributed by atoms with Gasteiger partial charge in [0, 0.05) is 11.4 Å². The Morgan fingerprint density at radius 1 is 1.23 bits per heavy atom. The second kappa shape index (κ2) is 8.23. The molecule has 4 rings (SSSR count). The summed E-state index contributed by atoms with van der Waals surface area (Å²) in [5, 5.41) is 6.07. The molecule has 0 fully saturated rings. The molecule has 2 heterocycles. The highest BCUT2D eigenvalue weighted by molar-refractivity contribution is 7.99. The maximum absolute atomic E-state index is 12.7. The van der Waals surface area contributed by atoms with Crippen LogP contribution in [0.15, 0.2) is 63.4 Å². The van der Waals surface area contributed by atoms with Crippen LogP contribution in [0.3, 0.4) is 0 Å². The van der Waals surface area contributed by atoms with Crippen LogP contribution >= 0.6 is 11.8 Å². The predicted octanol–water partition coefficient (Wildman–Crippen LogP) is 4.02. The average molecular weight is 423 g/mol. The SMILES string of the molecule is COC(=O)C1=C(CSc2nc3ccccc3o2)NC(=O)N[C@H]1c1ccc(C)cc1C. The molecular formula is C22H21N3O4S. The van der Waals surface area contributed by atoms with Gasteiger partial charge in [-0.2, -0.15) is 0 Å². The van der Waals surface area contributed by atoms with Crippen molar-refractivity contribution in [1.29, 1.82) is 0 Å². The van der Waals surface area contributed by atoms with Crippen LogP contribution in [0.1, 0.15) is 22.7 Å². The zero-order chi connectivity index (χ0) is 21.3. The van der Waals surface area contributed by atoms with E-state index in [1.807, 2.05) is 56.3 Å². The van der Waals surface area contributed by atoms with E-state index in [2.05, 4.69) is 15.6 Å². The summed E-state index contributed by atoms with van der Waals surface area (Å²) >= 11 is 1.30. The fourth-order valence-corrected chi connectivity index (χ4v) is 4.32. The number of methoxy groups -OCH3 is 1. The van der Waals surface area contributed by atoms with E-state index in [4.69, 9.17) is 9.15 Å². The Hall–Kier alpha value is -3.26. The van der Waals surface area contributed by atoms with Gasteiger partial charge in [-0.1, -0.05) is 47.7 Å². The molecule has 1 aliphatic rings. The summed E-state index contributed by atoms with van der Waals surface area (Å²) in [7, 11) is 1.33. The van der Waals surface area contributed by atoms with Crippen molar-refractivity contribution in [2.75, 3.05) is 12.9 Å². The highest BCUT2D eigenvalue weighted by Gasteiger charge is 2.34. The number of oxazole rings is 1. The van der Waals surface area contributed by atoms with Gasteiger partial charge in [-0.15, -0.1) is 0 Å². The molecule has 154 valence electrons. The maximum Gasteiger partial charge on any atom is 0.338 e. The lowest BCUT2D eigenvalue weighted by Crippen LogP contribution is -2.46. The zero-order valence-electron chi connectivity index (χ0n) is 16.8. The normalized spacial score (nSPS) is 16.4. The summed E-state index contributed by atoms with van der Waals surface area (Å²) in [6.07, 6.45) is 0. The number of benzene rings is 2. The number of urea groups is 1. The van der Waals surface area contributed by atoms with E-state index >= 15 is 0 Å². The Morgan fingerprint density at radius 2 is 2.03 bits per heavy atom. The number of aryl methyl sites for hydroxylation is 2. The number of rotatable bonds is 5. The Bertz CT molecular complexity index is 1140. The Balaban J connectivity index is 1.70. The molecule has 0 saturated carbocycles. The van der Waals surface area contributed by atoms with Gasteiger partial charge in [0.1, 0.15) is 5.52 Å². The lowest BCUT2D eigenvalue weighted by atomic mass is 9.91. The molecule has 1 aliphatic heterocycles. The molecule has 1 atom stereocenters. The lowest BCUT2D eigenvalue weighted by molar-refractivity contribution is -0.136. The van der Waals surface area contributed by atoms with Crippen LogP contribution in [0.5, 0.6) is 0 Å². The molecule has 1 aromatic heterocycles. The fraction of sp³-hybridized carbons (Fsp3) is 0.227. The van der Waals surface area contributed by atoms with Crippen LogP contribution in [0.2, 0.25) is 0 Å². The van der Waals surface area contributed by atoms with Crippen molar-refractivity contribution in [3.63, 3.8) is 0 Å². The van der Waals surface area contributed by atoms with Crippen LogP contribution in [0.4, 0.5) is 4.79 Å². The summed E-state index contributed by atoms with van der Waals surface area (Å²) in [5.74, 6) is -0.202. The van der Waals surface area contributed by atoms with Crippen LogP contribution in [-0.4, -0.2) is 29.8 Å². The first-order valence-corrected chi connectivity index (χ1v) is 10.4. The minimum atomic E-state index is -0.606. The molecule has 0 unspecified atom stereocenters. The van der Waals surface area contributed by atoms with Crippen LogP contribution < -0.4 is 10.6 Å². The van der Waals surface area contributed by atoms with Gasteiger partial charge in [0.25, 0.3) is 5.22 Å². The number of thioether (sulfide) groups is 1. The van der Waals surface area contributed by atoms with E-state index in [-0.39, 0.29) is 6.03 Å². The molecule has 2 aromatic carbocycles. The number of amides is 2. The van der Waals surface area contributed by atoms with Gasteiger partial charge >= 0.3 is 12.0 Å². The van der Waals surface area contributed by atoms with Crippen molar-refractivity contribution in [1.82, 2.24) is 15.6 Å². The Kier molecular flexibility index (Phi) is 5.50. The highest BCUT2D eigenvalue weighted by Crippen LogP contribution is 2.33. The minimum absolute atomic E-state index is 0.298. The molecular weight excluding hydrogens is 402 g/mol. The van der Waals surface area contributed by atoms with Crippen LogP contribution in [0.25, 0.3) is 11.1 Å². The standard InChI is InChI=1S/C22H21N3O4S/c1-12-8-9-14(13(2)10-12)19-18(20(26)28-3)16(23-21(27)25-19)11-30-22-24-15-6-4-5-7-17(15)29-22/h4-10,19H,11H2,1-3H3,(H2,23,25,27)/t19-/m0/s1. The van der Waals surface area contributed by atoms with Gasteiger partial charge in [-0.3, -0.25) is 0 Å². The van der Waals surface area contributed by atoms with Crippen molar-refractivity contribution in [3.8, 4) is 0 Å². The third-order valence-electron chi connectivity index (χ3n) is 4.91. The number of hydrogen-bond acceptors (Lipinski definition) is 6. The number of para-hydroxylation sites is 2. The van der Waals surface area contributed by atoms with E-state index < -0.39 is 12.0 Å². The molecule has 3 aromatic rings. The van der Waals surface area contributed by atoms with E-state index in [0.717, 1.165) is 22.2 Å². The van der Waals surface area contributed by atoms with Gasteiger partial charge in [-0.05, 0) is 37.1 Å². The first kappa shape index (κ1) is 20.0. The molecule has 8 heteroatoms. The van der Waals surface area contributed by atoms with Gasteiger partial charge in [0.15, 0.2) is 5.58 Å². The second-order valence-electron chi connectivity index (χ2n) is 7.01. The van der Waals surface area contributed by atoms with Gasteiger partial charge in [0.2, 0.25) is 0 Å². The van der Waals surface area contributed by atoms with Crippen molar-refractivity contribution >= 4 is 34.9 Å². The topological polar surface area (TPSA) is 93.5 Å². The number of fused-ring (bicyclic) bond motifs is 1. The molecule has 7 nitrogen and oxygen atoms in total. The molecule has 2 amide bonds. The fourth-order valence-electron chi connectivity index (χ4n) is 3.51. The lowest BCUT2D eigenvalue weighted by Gasteiger charge is -2.30. The summed E-state index contributed by atoms with van der Waals surface area (Å²) in [4.78, 5) is 29.5. The third-order valence-corrected chi connectivity index (χ3v) is 5.76. The van der Waals surface area contributed by atoms with Gasteiger partial charge in [0.05, 0.1) is 18.7 Å². The molecule has 2 N–H and O–H groups in total. The number of aromatic nitrogens is 1. The summed E-state index contributed by atoms with van der Waals surface area (Å²) < 4.78 is 10.8. The molecule has 0 radical (unpaired) electrons. The van der Waals surface area contributed by atoms with E-state index in [9.17, 15) is 9.59 Å². The molecule has 0 spiro atoms. The maximum atomic E-state index is 12.7. The van der Waals surface area contributed by atoms with Gasteiger partial charge < -0.3 is 19.8 Å². The van der Waals surface area contributed by atoms with Crippen molar-refractivity contribution in [2.24, 2.45) is 0 Å². The largest absolute Gasteiger partial charge is 0.466 e.